The minimum Gasteiger partial charge on any atom is -0.493 e. The van der Waals surface area contributed by atoms with Gasteiger partial charge in [-0.25, -0.2) is 8.42 Å². The Balaban J connectivity index is 2.16. The standard InChI is InChI=1S/C22H25Cl3O7S/c1-14(11-29-3)12-30-16-4-6-18(7-5-16)33(27,28)19-8-20(24)22(21(25)9-19)31-13-17(10-23)32-15(2)26/h4-9,14,17H,10-13H2,1-3H3/t14-,17+/m1/s1. The summed E-state index contributed by atoms with van der Waals surface area (Å²) in [7, 11) is -2.28. The minimum atomic E-state index is -3.90. The van der Waals surface area contributed by atoms with E-state index >= 15 is 0 Å². The zero-order chi connectivity index (χ0) is 24.6. The number of carbonyl (C=O) groups excluding carboxylic acids is 1. The normalized spacial score (nSPS) is 13.3. The number of benzene rings is 2. The summed E-state index contributed by atoms with van der Waals surface area (Å²) in [5.74, 6) is 0.291. The van der Waals surface area contributed by atoms with Crippen molar-refractivity contribution in [1.82, 2.24) is 0 Å². The van der Waals surface area contributed by atoms with Gasteiger partial charge < -0.3 is 18.9 Å². The smallest absolute Gasteiger partial charge is 0.303 e. The van der Waals surface area contributed by atoms with Gasteiger partial charge in [0.05, 0.1) is 38.9 Å². The lowest BCUT2D eigenvalue weighted by Crippen LogP contribution is -2.25. The van der Waals surface area contributed by atoms with Crippen molar-refractivity contribution < 1.29 is 32.2 Å². The van der Waals surface area contributed by atoms with Crippen LogP contribution in [-0.4, -0.2) is 53.3 Å². The summed E-state index contributed by atoms with van der Waals surface area (Å²) >= 11 is 18.2. The van der Waals surface area contributed by atoms with E-state index in [4.69, 9.17) is 53.8 Å². The molecule has 0 unspecified atom stereocenters. The second kappa shape index (κ2) is 12.7. The molecule has 0 aliphatic rings. The molecule has 0 saturated heterocycles. The van der Waals surface area contributed by atoms with Gasteiger partial charge in [-0.05, 0) is 36.4 Å². The predicted octanol–water partition coefficient (Wildman–Crippen LogP) is 5.04. The van der Waals surface area contributed by atoms with E-state index < -0.39 is 21.9 Å². The van der Waals surface area contributed by atoms with Gasteiger partial charge in [0, 0.05) is 20.0 Å². The first kappa shape index (κ1) is 27.5. The molecule has 0 fully saturated rings. The van der Waals surface area contributed by atoms with E-state index in [9.17, 15) is 13.2 Å². The van der Waals surface area contributed by atoms with Crippen molar-refractivity contribution in [2.45, 2.75) is 29.7 Å². The highest BCUT2D eigenvalue weighted by atomic mass is 35.5. The monoisotopic (exact) mass is 538 g/mol. The average molecular weight is 540 g/mol. The molecule has 0 heterocycles. The third-order valence-electron chi connectivity index (χ3n) is 4.32. The third-order valence-corrected chi connectivity index (χ3v) is 6.97. The highest BCUT2D eigenvalue weighted by Crippen LogP contribution is 2.37. The molecular formula is C22H25Cl3O7S. The predicted molar refractivity (Wildman–Crippen MR) is 127 cm³/mol. The van der Waals surface area contributed by atoms with Gasteiger partial charge >= 0.3 is 5.97 Å². The van der Waals surface area contributed by atoms with Crippen molar-refractivity contribution in [3.8, 4) is 11.5 Å². The van der Waals surface area contributed by atoms with Gasteiger partial charge in [-0.1, -0.05) is 30.1 Å². The number of hydrogen-bond acceptors (Lipinski definition) is 7. The Morgan fingerprint density at radius 3 is 2.09 bits per heavy atom. The number of alkyl halides is 1. The molecule has 0 aliphatic heterocycles. The lowest BCUT2D eigenvalue weighted by Gasteiger charge is -2.17. The molecule has 2 atom stereocenters. The van der Waals surface area contributed by atoms with E-state index in [-0.39, 0.29) is 44.0 Å². The molecule has 0 aromatic heterocycles. The number of halogens is 3. The van der Waals surface area contributed by atoms with Crippen molar-refractivity contribution >= 4 is 50.6 Å². The first-order chi connectivity index (χ1) is 15.6. The van der Waals surface area contributed by atoms with Gasteiger partial charge in [0.2, 0.25) is 9.84 Å². The number of methoxy groups -OCH3 is 1. The minimum absolute atomic E-state index is 0.00623. The molecule has 182 valence electrons. The van der Waals surface area contributed by atoms with Crippen LogP contribution in [0.3, 0.4) is 0 Å². The Morgan fingerprint density at radius 2 is 1.58 bits per heavy atom. The second-order valence-corrected chi connectivity index (χ2v) is 10.3. The first-order valence-electron chi connectivity index (χ1n) is 9.90. The molecule has 0 radical (unpaired) electrons. The van der Waals surface area contributed by atoms with Crippen LogP contribution in [0.5, 0.6) is 11.5 Å². The lowest BCUT2D eigenvalue weighted by molar-refractivity contribution is -0.146. The fourth-order valence-electron chi connectivity index (χ4n) is 2.77. The molecule has 0 spiro atoms. The van der Waals surface area contributed by atoms with Crippen LogP contribution in [0.15, 0.2) is 46.2 Å². The van der Waals surface area contributed by atoms with Crippen molar-refractivity contribution in [1.29, 1.82) is 0 Å². The second-order valence-electron chi connectivity index (χ2n) is 7.26. The largest absolute Gasteiger partial charge is 0.493 e. The molecule has 2 aromatic carbocycles. The third kappa shape index (κ3) is 7.93. The maximum atomic E-state index is 13.1. The van der Waals surface area contributed by atoms with Crippen molar-refractivity contribution in [2.75, 3.05) is 32.8 Å². The Kier molecular flexibility index (Phi) is 10.6. The van der Waals surface area contributed by atoms with Crippen LogP contribution in [0.2, 0.25) is 10.0 Å². The number of hydrogen-bond donors (Lipinski definition) is 0. The van der Waals surface area contributed by atoms with Crippen LogP contribution >= 0.6 is 34.8 Å². The summed E-state index contributed by atoms with van der Waals surface area (Å²) < 4.78 is 47.4. The molecule has 33 heavy (non-hydrogen) atoms. The molecular weight excluding hydrogens is 515 g/mol. The number of rotatable bonds is 12. The fourth-order valence-corrected chi connectivity index (χ4v) is 4.96. The average Bonchev–Trinajstić information content (AvgIpc) is 2.76. The summed E-state index contributed by atoms with van der Waals surface area (Å²) in [6, 6.07) is 8.54. The van der Waals surface area contributed by atoms with Gasteiger partial charge in [0.25, 0.3) is 0 Å². The Morgan fingerprint density at radius 1 is 0.970 bits per heavy atom. The lowest BCUT2D eigenvalue weighted by atomic mass is 10.2. The van der Waals surface area contributed by atoms with E-state index in [2.05, 4.69) is 0 Å². The van der Waals surface area contributed by atoms with E-state index in [1.54, 1.807) is 19.2 Å². The highest BCUT2D eigenvalue weighted by Gasteiger charge is 2.22. The summed E-state index contributed by atoms with van der Waals surface area (Å²) in [4.78, 5) is 11.1. The zero-order valence-electron chi connectivity index (χ0n) is 18.3. The molecule has 2 aromatic rings. The summed E-state index contributed by atoms with van der Waals surface area (Å²) in [6.45, 7) is 4.13. The van der Waals surface area contributed by atoms with E-state index in [0.29, 0.717) is 19.0 Å². The molecule has 0 saturated carbocycles. The molecule has 2 rings (SSSR count). The number of esters is 1. The van der Waals surface area contributed by atoms with E-state index in [0.717, 1.165) is 0 Å². The van der Waals surface area contributed by atoms with Crippen molar-refractivity contribution in [3.63, 3.8) is 0 Å². The molecule has 0 amide bonds. The van der Waals surface area contributed by atoms with E-state index in [1.807, 2.05) is 6.92 Å². The van der Waals surface area contributed by atoms with Crippen LogP contribution in [0, 0.1) is 5.92 Å². The maximum Gasteiger partial charge on any atom is 0.303 e. The zero-order valence-corrected chi connectivity index (χ0v) is 21.4. The van der Waals surface area contributed by atoms with Crippen LogP contribution < -0.4 is 9.47 Å². The van der Waals surface area contributed by atoms with Gasteiger partial charge in [-0.2, -0.15) is 0 Å². The van der Waals surface area contributed by atoms with Crippen LogP contribution in [0.1, 0.15) is 13.8 Å². The SMILES string of the molecule is COC[C@@H](C)COc1ccc(S(=O)(=O)c2cc(Cl)c(OC[C@H](CCl)OC(C)=O)c(Cl)c2)cc1. The van der Waals surface area contributed by atoms with E-state index in [1.165, 1.54) is 31.2 Å². The van der Waals surface area contributed by atoms with Crippen molar-refractivity contribution in [3.05, 3.63) is 46.4 Å². The van der Waals surface area contributed by atoms with Crippen molar-refractivity contribution in [2.24, 2.45) is 5.92 Å². The van der Waals surface area contributed by atoms with Crippen LogP contribution in [0.4, 0.5) is 0 Å². The summed E-state index contributed by atoms with van der Waals surface area (Å²) in [5.41, 5.74) is 0. The summed E-state index contributed by atoms with van der Waals surface area (Å²) in [5, 5.41) is -0.0198. The van der Waals surface area contributed by atoms with Gasteiger partial charge in [-0.3, -0.25) is 4.79 Å². The quantitative estimate of drug-likeness (QED) is 0.276. The Hall–Kier alpha value is -1.71. The molecule has 0 aliphatic carbocycles. The first-order valence-corrected chi connectivity index (χ1v) is 12.7. The van der Waals surface area contributed by atoms with Gasteiger partial charge in [0.1, 0.15) is 18.5 Å². The number of sulfone groups is 1. The van der Waals surface area contributed by atoms with Gasteiger partial charge in [-0.15, -0.1) is 11.6 Å². The van der Waals surface area contributed by atoms with Crippen LogP contribution in [0.25, 0.3) is 0 Å². The highest BCUT2D eigenvalue weighted by molar-refractivity contribution is 7.91. The van der Waals surface area contributed by atoms with Gasteiger partial charge in [0.15, 0.2) is 5.75 Å². The Bertz CT molecular complexity index is 1020. The molecule has 11 heteroatoms. The molecule has 0 N–H and O–H groups in total. The topological polar surface area (TPSA) is 88.1 Å². The molecule has 0 bridgehead atoms. The van der Waals surface area contributed by atoms with Crippen LogP contribution in [-0.2, 0) is 24.1 Å². The number of ether oxygens (including phenoxy) is 4. The Labute approximate surface area is 208 Å². The molecule has 7 nitrogen and oxygen atoms in total. The fraction of sp³-hybridized carbons (Fsp3) is 0.409. The summed E-state index contributed by atoms with van der Waals surface area (Å²) in [6.07, 6.45) is -0.710. The number of carbonyl (C=O) groups is 1. The maximum absolute atomic E-state index is 13.1.